The first-order valence-corrected chi connectivity index (χ1v) is 6.70. The largest absolute Gasteiger partial charge is 0.454 e. The van der Waals surface area contributed by atoms with Gasteiger partial charge in [-0.25, -0.2) is 8.78 Å². The summed E-state index contributed by atoms with van der Waals surface area (Å²) in [4.78, 5) is 0. The van der Waals surface area contributed by atoms with Gasteiger partial charge in [-0.3, -0.25) is 0 Å². The third kappa shape index (κ3) is 3.13. The molecule has 1 unspecified atom stereocenters. The molecule has 2 aromatic carbocycles. The second-order valence-corrected chi connectivity index (χ2v) is 4.99. The van der Waals surface area contributed by atoms with Crippen LogP contribution in [0.5, 0.6) is 11.5 Å². The predicted octanol–water partition coefficient (Wildman–Crippen LogP) is 3.54. The summed E-state index contributed by atoms with van der Waals surface area (Å²) in [5.41, 5.74) is 1.59. The maximum atomic E-state index is 13.2. The van der Waals surface area contributed by atoms with E-state index >= 15 is 0 Å². The number of fused-ring (bicyclic) bond motifs is 1. The molecule has 110 valence electrons. The van der Waals surface area contributed by atoms with E-state index in [0.717, 1.165) is 23.1 Å². The van der Waals surface area contributed by atoms with E-state index in [4.69, 9.17) is 9.47 Å². The SMILES string of the molecule is CC(NCc1ccc2c(c1)OCO2)c1cc(F)cc(F)c1. The molecule has 0 radical (unpaired) electrons. The number of ether oxygens (including phenoxy) is 2. The second-order valence-electron chi connectivity index (χ2n) is 4.99. The first kappa shape index (κ1) is 13.8. The van der Waals surface area contributed by atoms with Crippen molar-refractivity contribution in [2.75, 3.05) is 6.79 Å². The van der Waals surface area contributed by atoms with Gasteiger partial charge in [-0.1, -0.05) is 6.07 Å². The van der Waals surface area contributed by atoms with Crippen molar-refractivity contribution >= 4 is 0 Å². The number of halogens is 2. The van der Waals surface area contributed by atoms with Gasteiger partial charge in [-0.05, 0) is 42.3 Å². The van der Waals surface area contributed by atoms with Crippen LogP contribution in [0.4, 0.5) is 8.78 Å². The fourth-order valence-electron chi connectivity index (χ4n) is 2.26. The highest BCUT2D eigenvalue weighted by Crippen LogP contribution is 2.32. The molecule has 0 saturated carbocycles. The summed E-state index contributed by atoms with van der Waals surface area (Å²) in [6, 6.07) is 9.05. The summed E-state index contributed by atoms with van der Waals surface area (Å²) in [7, 11) is 0. The molecule has 3 rings (SSSR count). The smallest absolute Gasteiger partial charge is 0.231 e. The van der Waals surface area contributed by atoms with Gasteiger partial charge in [0, 0.05) is 18.7 Å². The number of benzene rings is 2. The molecule has 0 bridgehead atoms. The average molecular weight is 291 g/mol. The zero-order valence-electron chi connectivity index (χ0n) is 11.5. The molecule has 1 atom stereocenters. The van der Waals surface area contributed by atoms with E-state index in [1.165, 1.54) is 12.1 Å². The fourth-order valence-corrected chi connectivity index (χ4v) is 2.26. The molecule has 0 saturated heterocycles. The Labute approximate surface area is 121 Å². The van der Waals surface area contributed by atoms with E-state index in [-0.39, 0.29) is 12.8 Å². The van der Waals surface area contributed by atoms with Crippen LogP contribution >= 0.6 is 0 Å². The van der Waals surface area contributed by atoms with E-state index in [2.05, 4.69) is 5.32 Å². The van der Waals surface area contributed by atoms with Crippen LogP contribution in [0, 0.1) is 11.6 Å². The molecule has 1 heterocycles. The van der Waals surface area contributed by atoms with E-state index in [0.29, 0.717) is 12.1 Å². The third-order valence-electron chi connectivity index (χ3n) is 3.43. The molecule has 1 aliphatic heterocycles. The van der Waals surface area contributed by atoms with Gasteiger partial charge in [-0.2, -0.15) is 0 Å². The van der Waals surface area contributed by atoms with Crippen molar-refractivity contribution < 1.29 is 18.3 Å². The van der Waals surface area contributed by atoms with Crippen molar-refractivity contribution in [3.05, 3.63) is 59.2 Å². The molecule has 2 aromatic rings. The Bertz CT molecular complexity index is 640. The van der Waals surface area contributed by atoms with Gasteiger partial charge in [-0.15, -0.1) is 0 Å². The van der Waals surface area contributed by atoms with Gasteiger partial charge in [0.25, 0.3) is 0 Å². The summed E-state index contributed by atoms with van der Waals surface area (Å²) < 4.78 is 37.0. The molecule has 1 aliphatic rings. The van der Waals surface area contributed by atoms with Gasteiger partial charge in [0.1, 0.15) is 11.6 Å². The molecule has 0 fully saturated rings. The molecule has 0 amide bonds. The van der Waals surface area contributed by atoms with Gasteiger partial charge in [0.2, 0.25) is 6.79 Å². The first-order chi connectivity index (χ1) is 10.1. The van der Waals surface area contributed by atoms with Crippen LogP contribution in [-0.4, -0.2) is 6.79 Å². The Balaban J connectivity index is 1.66. The number of hydrogen-bond acceptors (Lipinski definition) is 3. The Hall–Kier alpha value is -2.14. The lowest BCUT2D eigenvalue weighted by atomic mass is 10.1. The summed E-state index contributed by atoms with van der Waals surface area (Å²) in [5, 5.41) is 3.23. The van der Waals surface area contributed by atoms with Gasteiger partial charge >= 0.3 is 0 Å². The highest BCUT2D eigenvalue weighted by molar-refractivity contribution is 5.44. The molecule has 0 aliphatic carbocycles. The van der Waals surface area contributed by atoms with Crippen LogP contribution in [0.1, 0.15) is 24.1 Å². The molecular weight excluding hydrogens is 276 g/mol. The second kappa shape index (κ2) is 5.69. The first-order valence-electron chi connectivity index (χ1n) is 6.70. The van der Waals surface area contributed by atoms with Crippen LogP contribution in [0.3, 0.4) is 0 Å². The molecular formula is C16H15F2NO2. The standard InChI is InChI=1S/C16H15F2NO2/c1-10(12-5-13(17)7-14(18)6-12)19-8-11-2-3-15-16(4-11)21-9-20-15/h2-7,10,19H,8-9H2,1H3. The predicted molar refractivity (Wildman–Crippen MR) is 74.2 cm³/mol. The lowest BCUT2D eigenvalue weighted by molar-refractivity contribution is 0.174. The molecule has 0 spiro atoms. The van der Waals surface area contributed by atoms with Gasteiger partial charge in [0.15, 0.2) is 11.5 Å². The lowest BCUT2D eigenvalue weighted by Gasteiger charge is -2.15. The Morgan fingerprint density at radius 1 is 1.05 bits per heavy atom. The highest BCUT2D eigenvalue weighted by Gasteiger charge is 2.14. The monoisotopic (exact) mass is 291 g/mol. The molecule has 3 nitrogen and oxygen atoms in total. The van der Waals surface area contributed by atoms with Crippen molar-refractivity contribution in [1.82, 2.24) is 5.32 Å². The van der Waals surface area contributed by atoms with Crippen LogP contribution in [0.2, 0.25) is 0 Å². The van der Waals surface area contributed by atoms with E-state index in [1.807, 2.05) is 25.1 Å². The summed E-state index contributed by atoms with van der Waals surface area (Å²) in [6.07, 6.45) is 0. The summed E-state index contributed by atoms with van der Waals surface area (Å²) in [5.74, 6) is 0.321. The minimum Gasteiger partial charge on any atom is -0.454 e. The molecule has 1 N–H and O–H groups in total. The fraction of sp³-hybridized carbons (Fsp3) is 0.250. The molecule has 21 heavy (non-hydrogen) atoms. The van der Waals surface area contributed by atoms with Crippen molar-refractivity contribution in [2.24, 2.45) is 0 Å². The Morgan fingerprint density at radius 3 is 2.52 bits per heavy atom. The maximum Gasteiger partial charge on any atom is 0.231 e. The summed E-state index contributed by atoms with van der Waals surface area (Å²) in [6.45, 7) is 2.67. The quantitative estimate of drug-likeness (QED) is 0.934. The Morgan fingerprint density at radius 2 is 1.76 bits per heavy atom. The van der Waals surface area contributed by atoms with Gasteiger partial charge < -0.3 is 14.8 Å². The van der Waals surface area contributed by atoms with Crippen molar-refractivity contribution in [3.8, 4) is 11.5 Å². The number of rotatable bonds is 4. The van der Waals surface area contributed by atoms with Crippen molar-refractivity contribution in [3.63, 3.8) is 0 Å². The van der Waals surface area contributed by atoms with Crippen LogP contribution in [0.15, 0.2) is 36.4 Å². The minimum atomic E-state index is -0.568. The van der Waals surface area contributed by atoms with Crippen LogP contribution in [0.25, 0.3) is 0 Å². The van der Waals surface area contributed by atoms with Crippen LogP contribution in [-0.2, 0) is 6.54 Å². The van der Waals surface area contributed by atoms with Crippen molar-refractivity contribution in [2.45, 2.75) is 19.5 Å². The summed E-state index contributed by atoms with van der Waals surface area (Å²) >= 11 is 0. The minimum absolute atomic E-state index is 0.166. The maximum absolute atomic E-state index is 13.2. The Kier molecular flexibility index (Phi) is 3.75. The van der Waals surface area contributed by atoms with E-state index in [9.17, 15) is 8.78 Å². The van der Waals surface area contributed by atoms with E-state index in [1.54, 1.807) is 0 Å². The molecule has 5 heteroatoms. The third-order valence-corrected chi connectivity index (χ3v) is 3.43. The van der Waals surface area contributed by atoms with Gasteiger partial charge in [0.05, 0.1) is 0 Å². The number of nitrogens with one attached hydrogen (secondary N) is 1. The molecule has 0 aromatic heterocycles. The zero-order valence-corrected chi connectivity index (χ0v) is 11.5. The normalized spacial score (nSPS) is 14.2. The highest BCUT2D eigenvalue weighted by atomic mass is 19.1. The van der Waals surface area contributed by atoms with E-state index < -0.39 is 11.6 Å². The zero-order chi connectivity index (χ0) is 14.8. The average Bonchev–Trinajstić information content (AvgIpc) is 2.91. The lowest BCUT2D eigenvalue weighted by Crippen LogP contribution is -2.18. The topological polar surface area (TPSA) is 30.5 Å². The van der Waals surface area contributed by atoms with Crippen molar-refractivity contribution in [1.29, 1.82) is 0 Å². The number of hydrogen-bond donors (Lipinski definition) is 1. The van der Waals surface area contributed by atoms with Crippen LogP contribution < -0.4 is 14.8 Å².